The summed E-state index contributed by atoms with van der Waals surface area (Å²) in [6.07, 6.45) is 2.13. The fraction of sp³-hybridized carbons (Fsp3) is 0.500. The summed E-state index contributed by atoms with van der Waals surface area (Å²) in [5.41, 5.74) is 0.602. The van der Waals surface area contributed by atoms with E-state index in [1.165, 1.54) is 0 Å². The average Bonchev–Trinajstić information content (AvgIpc) is 2.32. The first kappa shape index (κ1) is 16.5. The first-order valence-electron chi connectivity index (χ1n) is 6.39. The van der Waals surface area contributed by atoms with Gasteiger partial charge < -0.3 is 10.1 Å². The fourth-order valence-electron chi connectivity index (χ4n) is 1.54. The van der Waals surface area contributed by atoms with Crippen LogP contribution >= 0.6 is 28.6 Å². The Morgan fingerprint density at radius 1 is 1.42 bits per heavy atom. The normalized spacial score (nSPS) is 10.8. The molecule has 0 radical (unpaired) electrons. The van der Waals surface area contributed by atoms with Gasteiger partial charge in [0.2, 0.25) is 0 Å². The number of rotatable bonds is 7. The molecule has 0 aliphatic rings. The standard InChI is InChI=1S/C14H20BrNO2S/c1-10(2)18-8-4-3-7-16-14(17)12-6-5-11(15)9-13(12)19/h5-6,9-10,19H,3-4,7-8H2,1-2H3,(H,16,17). The molecule has 1 N–H and O–H groups in total. The minimum atomic E-state index is -0.0812. The van der Waals surface area contributed by atoms with Crippen LogP contribution in [0.4, 0.5) is 0 Å². The molecule has 0 atom stereocenters. The summed E-state index contributed by atoms with van der Waals surface area (Å²) >= 11 is 7.64. The summed E-state index contributed by atoms with van der Waals surface area (Å²) in [5, 5.41) is 2.89. The Kier molecular flexibility index (Phi) is 7.49. The Hall–Kier alpha value is -0.520. The lowest BCUT2D eigenvalue weighted by atomic mass is 10.2. The number of thiol groups is 1. The number of carbonyl (C=O) groups excluding carboxylic acids is 1. The number of carbonyl (C=O) groups is 1. The van der Waals surface area contributed by atoms with Crippen molar-refractivity contribution in [2.75, 3.05) is 13.2 Å². The molecule has 1 aromatic rings. The summed E-state index contributed by atoms with van der Waals surface area (Å²) in [5.74, 6) is -0.0812. The third kappa shape index (κ3) is 6.45. The van der Waals surface area contributed by atoms with Gasteiger partial charge in [0.05, 0.1) is 11.7 Å². The molecule has 1 amide bonds. The minimum Gasteiger partial charge on any atom is -0.379 e. The van der Waals surface area contributed by atoms with Gasteiger partial charge in [-0.15, -0.1) is 12.6 Å². The molecule has 0 spiro atoms. The second kappa shape index (κ2) is 8.61. The van der Waals surface area contributed by atoms with Crippen molar-refractivity contribution in [3.63, 3.8) is 0 Å². The Morgan fingerprint density at radius 3 is 2.79 bits per heavy atom. The van der Waals surface area contributed by atoms with Crippen molar-refractivity contribution < 1.29 is 9.53 Å². The van der Waals surface area contributed by atoms with Gasteiger partial charge in [0.25, 0.3) is 5.91 Å². The maximum atomic E-state index is 11.9. The molecule has 106 valence electrons. The number of ether oxygens (including phenoxy) is 1. The number of hydrogen-bond acceptors (Lipinski definition) is 3. The third-order valence-electron chi connectivity index (χ3n) is 2.51. The molecule has 0 saturated heterocycles. The van der Waals surface area contributed by atoms with Crippen LogP contribution in [-0.4, -0.2) is 25.2 Å². The molecule has 0 aliphatic heterocycles. The van der Waals surface area contributed by atoms with E-state index in [4.69, 9.17) is 4.74 Å². The second-order valence-electron chi connectivity index (χ2n) is 4.54. The number of nitrogens with one attached hydrogen (secondary N) is 1. The number of halogens is 1. The Labute approximate surface area is 128 Å². The van der Waals surface area contributed by atoms with Crippen LogP contribution in [-0.2, 0) is 4.74 Å². The number of unbranched alkanes of at least 4 members (excludes halogenated alkanes) is 1. The zero-order chi connectivity index (χ0) is 14.3. The van der Waals surface area contributed by atoms with Crippen molar-refractivity contribution in [1.82, 2.24) is 5.32 Å². The molecule has 5 heteroatoms. The van der Waals surface area contributed by atoms with Crippen molar-refractivity contribution in [1.29, 1.82) is 0 Å². The zero-order valence-corrected chi connectivity index (χ0v) is 13.8. The van der Waals surface area contributed by atoms with Gasteiger partial charge >= 0.3 is 0 Å². The van der Waals surface area contributed by atoms with Crippen LogP contribution in [0.15, 0.2) is 27.6 Å². The van der Waals surface area contributed by atoms with Crippen LogP contribution in [0.2, 0.25) is 0 Å². The second-order valence-corrected chi connectivity index (χ2v) is 5.94. The van der Waals surface area contributed by atoms with E-state index in [2.05, 4.69) is 33.9 Å². The summed E-state index contributed by atoms with van der Waals surface area (Å²) < 4.78 is 6.35. The molecule has 0 heterocycles. The van der Waals surface area contributed by atoms with Crippen molar-refractivity contribution in [2.24, 2.45) is 0 Å². The minimum absolute atomic E-state index is 0.0812. The van der Waals surface area contributed by atoms with Crippen molar-refractivity contribution >= 4 is 34.5 Å². The van der Waals surface area contributed by atoms with Crippen LogP contribution in [0.25, 0.3) is 0 Å². The van der Waals surface area contributed by atoms with E-state index in [-0.39, 0.29) is 12.0 Å². The van der Waals surface area contributed by atoms with Crippen LogP contribution in [0, 0.1) is 0 Å². The first-order chi connectivity index (χ1) is 9.00. The van der Waals surface area contributed by atoms with Crippen LogP contribution in [0.5, 0.6) is 0 Å². The third-order valence-corrected chi connectivity index (χ3v) is 3.38. The van der Waals surface area contributed by atoms with E-state index in [1.54, 1.807) is 6.07 Å². The van der Waals surface area contributed by atoms with Crippen LogP contribution in [0.1, 0.15) is 37.0 Å². The lowest BCUT2D eigenvalue weighted by molar-refractivity contribution is 0.0754. The molecule has 0 fully saturated rings. The number of hydrogen-bond donors (Lipinski definition) is 2. The van der Waals surface area contributed by atoms with E-state index >= 15 is 0 Å². The highest BCUT2D eigenvalue weighted by atomic mass is 79.9. The van der Waals surface area contributed by atoms with E-state index in [0.717, 1.165) is 23.9 Å². The molecule has 0 saturated carbocycles. The molecule has 1 aromatic carbocycles. The van der Waals surface area contributed by atoms with Gasteiger partial charge in [0.15, 0.2) is 0 Å². The maximum Gasteiger partial charge on any atom is 0.252 e. The molecule has 19 heavy (non-hydrogen) atoms. The van der Waals surface area contributed by atoms with Gasteiger partial charge in [-0.25, -0.2) is 0 Å². The average molecular weight is 346 g/mol. The smallest absolute Gasteiger partial charge is 0.252 e. The monoisotopic (exact) mass is 345 g/mol. The lowest BCUT2D eigenvalue weighted by Crippen LogP contribution is -2.25. The van der Waals surface area contributed by atoms with Crippen LogP contribution < -0.4 is 5.32 Å². The van der Waals surface area contributed by atoms with Crippen molar-refractivity contribution in [2.45, 2.75) is 37.7 Å². The molecule has 0 aromatic heterocycles. The summed E-state index contributed by atoms with van der Waals surface area (Å²) in [7, 11) is 0. The van der Waals surface area contributed by atoms with Gasteiger partial charge in [-0.05, 0) is 44.9 Å². The predicted molar refractivity (Wildman–Crippen MR) is 84.0 cm³/mol. The number of amides is 1. The van der Waals surface area contributed by atoms with E-state index < -0.39 is 0 Å². The lowest BCUT2D eigenvalue weighted by Gasteiger charge is -2.09. The molecule has 0 unspecified atom stereocenters. The van der Waals surface area contributed by atoms with Gasteiger partial charge in [-0.2, -0.15) is 0 Å². The van der Waals surface area contributed by atoms with E-state index in [9.17, 15) is 4.79 Å². The Morgan fingerprint density at radius 2 is 2.16 bits per heavy atom. The van der Waals surface area contributed by atoms with Crippen molar-refractivity contribution in [3.05, 3.63) is 28.2 Å². The molecule has 3 nitrogen and oxygen atoms in total. The largest absolute Gasteiger partial charge is 0.379 e. The molecule has 0 bridgehead atoms. The van der Waals surface area contributed by atoms with Gasteiger partial charge in [0.1, 0.15) is 0 Å². The summed E-state index contributed by atoms with van der Waals surface area (Å²) in [6, 6.07) is 5.42. The van der Waals surface area contributed by atoms with E-state index in [0.29, 0.717) is 17.0 Å². The van der Waals surface area contributed by atoms with Crippen molar-refractivity contribution in [3.8, 4) is 0 Å². The van der Waals surface area contributed by atoms with E-state index in [1.807, 2.05) is 26.0 Å². The SMILES string of the molecule is CC(C)OCCCCNC(=O)c1ccc(Br)cc1S. The topological polar surface area (TPSA) is 38.3 Å². The molecule has 1 rings (SSSR count). The highest BCUT2D eigenvalue weighted by Gasteiger charge is 2.08. The van der Waals surface area contributed by atoms with Gasteiger partial charge in [-0.3, -0.25) is 4.79 Å². The Balaban J connectivity index is 2.28. The van der Waals surface area contributed by atoms with Gasteiger partial charge in [0, 0.05) is 22.5 Å². The highest BCUT2D eigenvalue weighted by Crippen LogP contribution is 2.19. The maximum absolute atomic E-state index is 11.9. The van der Waals surface area contributed by atoms with Crippen LogP contribution in [0.3, 0.4) is 0 Å². The molecule has 0 aliphatic carbocycles. The Bertz CT molecular complexity index is 424. The predicted octanol–water partition coefficient (Wildman–Crippen LogP) is 3.67. The highest BCUT2D eigenvalue weighted by molar-refractivity contribution is 9.10. The number of benzene rings is 1. The first-order valence-corrected chi connectivity index (χ1v) is 7.63. The quantitative estimate of drug-likeness (QED) is 0.584. The molecular formula is C14H20BrNO2S. The zero-order valence-electron chi connectivity index (χ0n) is 11.3. The molecular weight excluding hydrogens is 326 g/mol. The fourth-order valence-corrected chi connectivity index (χ4v) is 2.39. The summed E-state index contributed by atoms with van der Waals surface area (Å²) in [6.45, 7) is 5.43. The summed E-state index contributed by atoms with van der Waals surface area (Å²) in [4.78, 5) is 12.6. The van der Waals surface area contributed by atoms with Gasteiger partial charge in [-0.1, -0.05) is 15.9 Å².